The number of methoxy groups -OCH3 is 2. The summed E-state index contributed by atoms with van der Waals surface area (Å²) in [4.78, 5) is 28.0. The van der Waals surface area contributed by atoms with Gasteiger partial charge in [0.15, 0.2) is 11.5 Å². The van der Waals surface area contributed by atoms with E-state index in [-0.39, 0.29) is 24.4 Å². The Balaban J connectivity index is 1.56. The average Bonchev–Trinajstić information content (AvgIpc) is 3.37. The third-order valence-corrected chi connectivity index (χ3v) is 6.72. The van der Waals surface area contributed by atoms with E-state index in [4.69, 9.17) is 9.47 Å². The molecule has 0 radical (unpaired) electrons. The molecule has 1 aliphatic rings. The summed E-state index contributed by atoms with van der Waals surface area (Å²) in [5.74, 6) is 1.13. The van der Waals surface area contributed by atoms with Crippen LogP contribution in [0.15, 0.2) is 53.9 Å². The van der Waals surface area contributed by atoms with Gasteiger partial charge >= 0.3 is 0 Å². The molecule has 33 heavy (non-hydrogen) atoms. The first-order chi connectivity index (χ1) is 16.0. The minimum Gasteiger partial charge on any atom is -0.493 e. The van der Waals surface area contributed by atoms with Gasteiger partial charge in [-0.3, -0.25) is 14.5 Å². The van der Waals surface area contributed by atoms with Gasteiger partial charge in [-0.2, -0.15) is 0 Å². The molecule has 2 heterocycles. The maximum absolute atomic E-state index is 12.9. The number of carbonyl (C=O) groups excluding carboxylic acids is 2. The number of hydrogen-bond donors (Lipinski definition) is 2. The van der Waals surface area contributed by atoms with Crippen LogP contribution in [-0.2, 0) is 11.2 Å². The van der Waals surface area contributed by atoms with Crippen molar-refractivity contribution < 1.29 is 19.1 Å². The van der Waals surface area contributed by atoms with Gasteiger partial charge in [-0.25, -0.2) is 0 Å². The van der Waals surface area contributed by atoms with Crippen LogP contribution in [0.2, 0.25) is 0 Å². The Labute approximate surface area is 197 Å². The Kier molecular flexibility index (Phi) is 6.96. The van der Waals surface area contributed by atoms with Crippen molar-refractivity contribution in [2.75, 3.05) is 39.7 Å². The van der Waals surface area contributed by atoms with Gasteiger partial charge in [0, 0.05) is 29.7 Å². The van der Waals surface area contributed by atoms with Crippen molar-refractivity contribution in [2.45, 2.75) is 12.5 Å². The Morgan fingerprint density at radius 1 is 1.09 bits per heavy atom. The van der Waals surface area contributed by atoms with Gasteiger partial charge in [-0.15, -0.1) is 11.3 Å². The van der Waals surface area contributed by atoms with Crippen molar-refractivity contribution in [3.63, 3.8) is 0 Å². The molecular weight excluding hydrogens is 438 g/mol. The molecule has 172 valence electrons. The van der Waals surface area contributed by atoms with Crippen LogP contribution in [-0.4, -0.2) is 51.1 Å². The summed E-state index contributed by atoms with van der Waals surface area (Å²) in [7, 11) is 4.86. The van der Waals surface area contributed by atoms with E-state index in [1.54, 1.807) is 56.9 Å². The number of thiophene rings is 1. The molecule has 0 unspecified atom stereocenters. The average molecular weight is 466 g/mol. The molecule has 2 N–H and O–H groups in total. The van der Waals surface area contributed by atoms with Crippen molar-refractivity contribution in [1.82, 2.24) is 10.2 Å². The topological polar surface area (TPSA) is 79.9 Å². The maximum Gasteiger partial charge on any atom is 0.251 e. The fourth-order valence-electron chi connectivity index (χ4n) is 4.18. The SMILES string of the molecule is CNC(=O)c1ccc(NC(=O)CN2CCc3cc(OC)c(OC)cc3[C@@H]2c2cccs2)cc1. The van der Waals surface area contributed by atoms with Crippen LogP contribution in [0, 0.1) is 0 Å². The Bertz CT molecular complexity index is 1130. The lowest BCUT2D eigenvalue weighted by Crippen LogP contribution is -2.40. The summed E-state index contributed by atoms with van der Waals surface area (Å²) in [6, 6.07) is 15.0. The van der Waals surface area contributed by atoms with Gasteiger partial charge < -0.3 is 20.1 Å². The highest BCUT2D eigenvalue weighted by Crippen LogP contribution is 2.42. The van der Waals surface area contributed by atoms with Gasteiger partial charge in [-0.1, -0.05) is 6.07 Å². The van der Waals surface area contributed by atoms with E-state index >= 15 is 0 Å². The number of rotatable bonds is 7. The second-order valence-electron chi connectivity index (χ2n) is 7.75. The van der Waals surface area contributed by atoms with E-state index in [0.29, 0.717) is 22.7 Å². The molecular formula is C25H27N3O4S. The van der Waals surface area contributed by atoms with Gasteiger partial charge in [-0.05, 0) is 65.4 Å². The summed E-state index contributed by atoms with van der Waals surface area (Å²) >= 11 is 1.67. The molecule has 7 nitrogen and oxygen atoms in total. The highest BCUT2D eigenvalue weighted by atomic mass is 32.1. The molecule has 0 fully saturated rings. The zero-order valence-electron chi connectivity index (χ0n) is 18.9. The standard InChI is InChI=1S/C25H27N3O4S/c1-26-25(30)16-6-8-18(9-7-16)27-23(29)15-28-11-10-17-13-20(31-2)21(32-3)14-19(17)24(28)22-5-4-12-33-22/h4-9,12-14,24H,10-11,15H2,1-3H3,(H,26,30)(H,27,29)/t24-/m1/s1. The normalized spacial score (nSPS) is 15.4. The highest BCUT2D eigenvalue weighted by Gasteiger charge is 2.32. The number of hydrogen-bond acceptors (Lipinski definition) is 6. The predicted molar refractivity (Wildman–Crippen MR) is 129 cm³/mol. The van der Waals surface area contributed by atoms with Crippen molar-refractivity contribution in [3.8, 4) is 11.5 Å². The molecule has 8 heteroatoms. The first-order valence-corrected chi connectivity index (χ1v) is 11.6. The maximum atomic E-state index is 12.9. The Hall–Kier alpha value is -3.36. The largest absolute Gasteiger partial charge is 0.493 e. The summed E-state index contributed by atoms with van der Waals surface area (Å²) in [6.07, 6.45) is 0.811. The van der Waals surface area contributed by atoms with Crippen LogP contribution in [0.3, 0.4) is 0 Å². The van der Waals surface area contributed by atoms with Crippen LogP contribution in [0.4, 0.5) is 5.69 Å². The molecule has 3 aromatic rings. The van der Waals surface area contributed by atoms with Crippen LogP contribution in [0.25, 0.3) is 0 Å². The Morgan fingerprint density at radius 3 is 2.45 bits per heavy atom. The molecule has 2 amide bonds. The van der Waals surface area contributed by atoms with Gasteiger partial charge in [0.1, 0.15) is 0 Å². The zero-order valence-corrected chi connectivity index (χ0v) is 19.7. The van der Waals surface area contributed by atoms with Crippen LogP contribution in [0.5, 0.6) is 11.5 Å². The van der Waals surface area contributed by atoms with Crippen molar-refractivity contribution in [2.24, 2.45) is 0 Å². The lowest BCUT2D eigenvalue weighted by Gasteiger charge is -2.37. The van der Waals surface area contributed by atoms with Crippen LogP contribution < -0.4 is 20.1 Å². The minimum atomic E-state index is -0.161. The monoisotopic (exact) mass is 465 g/mol. The van der Waals surface area contributed by atoms with E-state index in [1.165, 1.54) is 10.4 Å². The number of nitrogens with zero attached hydrogens (tertiary/aromatic N) is 1. The van der Waals surface area contributed by atoms with E-state index < -0.39 is 0 Å². The molecule has 0 saturated heterocycles. The number of ether oxygens (including phenoxy) is 2. The number of anilines is 1. The second kappa shape index (κ2) is 10.1. The van der Waals surface area contributed by atoms with E-state index in [1.807, 2.05) is 18.2 Å². The van der Waals surface area contributed by atoms with Crippen LogP contribution >= 0.6 is 11.3 Å². The third-order valence-electron chi connectivity index (χ3n) is 5.79. The molecule has 1 aliphatic heterocycles. The molecule has 4 rings (SSSR count). The fourth-order valence-corrected chi connectivity index (χ4v) is 5.06. The minimum absolute atomic E-state index is 0.0464. The molecule has 0 bridgehead atoms. The van der Waals surface area contributed by atoms with Crippen molar-refractivity contribution in [1.29, 1.82) is 0 Å². The first-order valence-electron chi connectivity index (χ1n) is 10.7. The molecule has 0 saturated carbocycles. The van der Waals surface area contributed by atoms with Gasteiger partial charge in [0.2, 0.25) is 5.91 Å². The third kappa shape index (κ3) is 4.86. The van der Waals surface area contributed by atoms with Crippen molar-refractivity contribution >= 4 is 28.8 Å². The number of nitrogens with one attached hydrogen (secondary N) is 2. The summed E-state index contributed by atoms with van der Waals surface area (Å²) in [6.45, 7) is 0.988. The quantitative estimate of drug-likeness (QED) is 0.556. The molecule has 1 atom stereocenters. The zero-order chi connectivity index (χ0) is 23.4. The van der Waals surface area contributed by atoms with E-state index in [9.17, 15) is 9.59 Å². The van der Waals surface area contributed by atoms with Gasteiger partial charge in [0.25, 0.3) is 5.91 Å². The summed E-state index contributed by atoms with van der Waals surface area (Å²) < 4.78 is 11.0. The molecule has 2 aromatic carbocycles. The molecule has 1 aromatic heterocycles. The lowest BCUT2D eigenvalue weighted by atomic mass is 9.91. The predicted octanol–water partition coefficient (Wildman–Crippen LogP) is 3.71. The highest BCUT2D eigenvalue weighted by molar-refractivity contribution is 7.10. The first kappa shape index (κ1) is 22.8. The summed E-state index contributed by atoms with van der Waals surface area (Å²) in [5.41, 5.74) is 3.53. The molecule has 0 aliphatic carbocycles. The van der Waals surface area contributed by atoms with E-state index in [0.717, 1.165) is 18.5 Å². The number of benzene rings is 2. The Morgan fingerprint density at radius 2 is 1.82 bits per heavy atom. The number of amides is 2. The smallest absolute Gasteiger partial charge is 0.251 e. The van der Waals surface area contributed by atoms with Crippen molar-refractivity contribution in [3.05, 3.63) is 75.5 Å². The lowest BCUT2D eigenvalue weighted by molar-refractivity contribution is -0.117. The number of fused-ring (bicyclic) bond motifs is 1. The fraction of sp³-hybridized carbons (Fsp3) is 0.280. The second-order valence-corrected chi connectivity index (χ2v) is 8.73. The van der Waals surface area contributed by atoms with E-state index in [2.05, 4.69) is 27.0 Å². The summed E-state index contributed by atoms with van der Waals surface area (Å²) in [5, 5.41) is 7.59. The number of carbonyl (C=O) groups is 2. The van der Waals surface area contributed by atoms with Gasteiger partial charge in [0.05, 0.1) is 26.8 Å². The molecule has 0 spiro atoms. The van der Waals surface area contributed by atoms with Crippen LogP contribution in [0.1, 0.15) is 32.4 Å².